The Balaban J connectivity index is 1.48. The van der Waals surface area contributed by atoms with Crippen molar-refractivity contribution < 1.29 is 14.3 Å². The van der Waals surface area contributed by atoms with Gasteiger partial charge in [-0.3, -0.25) is 9.78 Å². The molecule has 0 radical (unpaired) electrons. The first-order valence-electron chi connectivity index (χ1n) is 8.26. The molecule has 0 unspecified atom stereocenters. The van der Waals surface area contributed by atoms with Crippen LogP contribution >= 0.6 is 0 Å². The van der Waals surface area contributed by atoms with Gasteiger partial charge in [0.05, 0.1) is 13.0 Å². The summed E-state index contributed by atoms with van der Waals surface area (Å²) in [6.45, 7) is 1.80. The summed E-state index contributed by atoms with van der Waals surface area (Å²) in [7, 11) is 1.64. The topological polar surface area (TPSA) is 51.7 Å². The van der Waals surface area contributed by atoms with Crippen molar-refractivity contribution in [1.29, 1.82) is 0 Å². The number of hydrogen-bond donors (Lipinski definition) is 0. The number of benzene rings is 1. The highest BCUT2D eigenvalue weighted by Crippen LogP contribution is 2.32. The molecule has 1 atom stereocenters. The molecule has 1 aromatic heterocycles. The van der Waals surface area contributed by atoms with Crippen LogP contribution in [0.4, 0.5) is 0 Å². The van der Waals surface area contributed by atoms with Crippen LogP contribution in [0.15, 0.2) is 36.5 Å². The molecular weight excluding hydrogens is 304 g/mol. The minimum Gasteiger partial charge on any atom is -0.497 e. The Bertz CT molecular complexity index is 775. The highest BCUT2D eigenvalue weighted by Gasteiger charge is 2.31. The number of fused-ring (bicyclic) bond motifs is 2. The lowest BCUT2D eigenvalue weighted by molar-refractivity contribution is -0.137. The van der Waals surface area contributed by atoms with Crippen molar-refractivity contribution in [2.45, 2.75) is 19.4 Å². The first-order chi connectivity index (χ1) is 11.7. The second-order valence-electron chi connectivity index (χ2n) is 6.30. The van der Waals surface area contributed by atoms with E-state index in [2.05, 4.69) is 11.1 Å². The summed E-state index contributed by atoms with van der Waals surface area (Å²) in [5, 5.41) is 0. The summed E-state index contributed by atoms with van der Waals surface area (Å²) in [5.74, 6) is 1.65. The maximum atomic E-state index is 12.9. The fraction of sp³-hybridized carbons (Fsp3) is 0.368. The number of ether oxygens (including phenoxy) is 2. The lowest BCUT2D eigenvalue weighted by Crippen LogP contribution is -2.43. The van der Waals surface area contributed by atoms with Crippen LogP contribution in [0.1, 0.15) is 16.8 Å². The summed E-state index contributed by atoms with van der Waals surface area (Å²) >= 11 is 0. The number of carbonyl (C=O) groups is 1. The van der Waals surface area contributed by atoms with Crippen molar-refractivity contribution in [3.63, 3.8) is 0 Å². The Morgan fingerprint density at radius 2 is 2.25 bits per heavy atom. The number of hydrogen-bond acceptors (Lipinski definition) is 4. The van der Waals surface area contributed by atoms with Crippen molar-refractivity contribution in [1.82, 2.24) is 9.88 Å². The fourth-order valence-electron chi connectivity index (χ4n) is 3.45. The van der Waals surface area contributed by atoms with E-state index in [-0.39, 0.29) is 11.8 Å². The van der Waals surface area contributed by atoms with Crippen LogP contribution < -0.4 is 9.47 Å². The normalized spacial score (nSPS) is 19.0. The third-order valence-corrected chi connectivity index (χ3v) is 4.81. The molecule has 2 aliphatic heterocycles. The van der Waals surface area contributed by atoms with Crippen LogP contribution in [-0.2, 0) is 24.2 Å². The maximum Gasteiger partial charge on any atom is 0.229 e. The average Bonchev–Trinajstić information content (AvgIpc) is 2.66. The molecule has 5 heteroatoms. The number of aromatic nitrogens is 1. The van der Waals surface area contributed by atoms with Gasteiger partial charge in [-0.1, -0.05) is 12.1 Å². The monoisotopic (exact) mass is 324 g/mol. The van der Waals surface area contributed by atoms with Gasteiger partial charge >= 0.3 is 0 Å². The van der Waals surface area contributed by atoms with Crippen molar-refractivity contribution in [2.24, 2.45) is 5.92 Å². The van der Waals surface area contributed by atoms with E-state index in [1.54, 1.807) is 7.11 Å². The maximum absolute atomic E-state index is 12.9. The van der Waals surface area contributed by atoms with Crippen LogP contribution in [0, 0.1) is 5.92 Å². The molecule has 0 saturated heterocycles. The van der Waals surface area contributed by atoms with Gasteiger partial charge in [0.25, 0.3) is 0 Å². The molecular formula is C19H20N2O3. The highest BCUT2D eigenvalue weighted by atomic mass is 16.5. The second kappa shape index (κ2) is 6.15. The minimum atomic E-state index is -0.121. The lowest BCUT2D eigenvalue weighted by atomic mass is 9.94. The predicted molar refractivity (Wildman–Crippen MR) is 89.0 cm³/mol. The zero-order chi connectivity index (χ0) is 16.5. The Morgan fingerprint density at radius 1 is 1.33 bits per heavy atom. The lowest BCUT2D eigenvalue weighted by Gasteiger charge is -2.33. The molecule has 1 aromatic carbocycles. The van der Waals surface area contributed by atoms with Gasteiger partial charge in [-0.05, 0) is 29.7 Å². The zero-order valence-electron chi connectivity index (χ0n) is 13.7. The predicted octanol–water partition coefficient (Wildman–Crippen LogP) is 2.23. The summed E-state index contributed by atoms with van der Waals surface area (Å²) in [5.41, 5.74) is 3.33. The van der Waals surface area contributed by atoms with Gasteiger partial charge in [0.2, 0.25) is 5.91 Å². The largest absolute Gasteiger partial charge is 0.497 e. The van der Waals surface area contributed by atoms with Gasteiger partial charge < -0.3 is 14.4 Å². The summed E-state index contributed by atoms with van der Waals surface area (Å²) in [6, 6.07) is 9.78. The van der Waals surface area contributed by atoms with Crippen LogP contribution in [0.25, 0.3) is 0 Å². The molecule has 5 nitrogen and oxygen atoms in total. The Morgan fingerprint density at radius 3 is 3.12 bits per heavy atom. The third-order valence-electron chi connectivity index (χ3n) is 4.81. The van der Waals surface area contributed by atoms with Crippen molar-refractivity contribution >= 4 is 5.91 Å². The summed E-state index contributed by atoms with van der Waals surface area (Å²) in [6.07, 6.45) is 3.36. The summed E-state index contributed by atoms with van der Waals surface area (Å²) < 4.78 is 11.0. The molecule has 2 aliphatic rings. The van der Waals surface area contributed by atoms with Gasteiger partial charge in [0, 0.05) is 37.5 Å². The standard InChI is InChI=1S/C19H20N2O3/c1-23-16-5-4-13-9-15(12-24-18(13)10-16)19(22)21-8-6-17-14(11-21)3-2-7-20-17/h2-5,7,10,15H,6,8-9,11-12H2,1H3/t15-/m0/s1. The van der Waals surface area contributed by atoms with E-state index in [4.69, 9.17) is 9.47 Å². The smallest absolute Gasteiger partial charge is 0.229 e. The Hall–Kier alpha value is -2.56. The third kappa shape index (κ3) is 2.70. The number of amides is 1. The van der Waals surface area contributed by atoms with E-state index in [0.717, 1.165) is 41.3 Å². The molecule has 3 heterocycles. The quantitative estimate of drug-likeness (QED) is 0.850. The molecule has 124 valence electrons. The van der Waals surface area contributed by atoms with Crippen molar-refractivity contribution in [3.8, 4) is 11.5 Å². The highest BCUT2D eigenvalue weighted by molar-refractivity contribution is 5.80. The van der Waals surface area contributed by atoms with Crippen LogP contribution in [-0.4, -0.2) is 36.1 Å². The molecule has 0 aliphatic carbocycles. The summed E-state index contributed by atoms with van der Waals surface area (Å²) in [4.78, 5) is 19.2. The molecule has 0 saturated carbocycles. The van der Waals surface area contributed by atoms with Crippen LogP contribution in [0.2, 0.25) is 0 Å². The van der Waals surface area contributed by atoms with Crippen molar-refractivity contribution in [2.75, 3.05) is 20.3 Å². The molecule has 4 rings (SSSR count). The van der Waals surface area contributed by atoms with Gasteiger partial charge in [-0.2, -0.15) is 0 Å². The average molecular weight is 324 g/mol. The molecule has 0 fully saturated rings. The van der Waals surface area contributed by atoms with E-state index in [1.807, 2.05) is 35.4 Å². The van der Waals surface area contributed by atoms with Gasteiger partial charge in [-0.25, -0.2) is 0 Å². The van der Waals surface area contributed by atoms with E-state index in [0.29, 0.717) is 19.6 Å². The molecule has 0 N–H and O–H groups in total. The van der Waals surface area contributed by atoms with Gasteiger partial charge in [0.15, 0.2) is 0 Å². The first-order valence-corrected chi connectivity index (χ1v) is 8.26. The zero-order valence-corrected chi connectivity index (χ0v) is 13.7. The van der Waals surface area contributed by atoms with E-state index < -0.39 is 0 Å². The molecule has 24 heavy (non-hydrogen) atoms. The number of nitrogens with zero attached hydrogens (tertiary/aromatic N) is 2. The van der Waals surface area contributed by atoms with Gasteiger partial charge in [-0.15, -0.1) is 0 Å². The van der Waals surface area contributed by atoms with E-state index in [9.17, 15) is 4.79 Å². The van der Waals surface area contributed by atoms with Gasteiger partial charge in [0.1, 0.15) is 18.1 Å². The molecule has 0 bridgehead atoms. The minimum absolute atomic E-state index is 0.121. The van der Waals surface area contributed by atoms with Crippen molar-refractivity contribution in [3.05, 3.63) is 53.3 Å². The Labute approximate surface area is 141 Å². The first kappa shape index (κ1) is 15.0. The Kier molecular flexibility index (Phi) is 3.84. The van der Waals surface area contributed by atoms with E-state index >= 15 is 0 Å². The number of carbonyl (C=O) groups excluding carboxylic acids is 1. The SMILES string of the molecule is COc1ccc2c(c1)OC[C@@H](C(=O)N1CCc3ncccc3C1)C2. The van der Waals surface area contributed by atoms with Crippen LogP contribution in [0.5, 0.6) is 11.5 Å². The van der Waals surface area contributed by atoms with E-state index in [1.165, 1.54) is 0 Å². The molecule has 2 aromatic rings. The van der Waals surface area contributed by atoms with Crippen LogP contribution in [0.3, 0.4) is 0 Å². The number of pyridine rings is 1. The molecule has 1 amide bonds. The number of rotatable bonds is 2. The number of methoxy groups -OCH3 is 1. The second-order valence-corrected chi connectivity index (χ2v) is 6.30. The fourth-order valence-corrected chi connectivity index (χ4v) is 3.45. The molecule has 0 spiro atoms.